The van der Waals surface area contributed by atoms with Crippen LogP contribution < -0.4 is 5.32 Å². The van der Waals surface area contributed by atoms with Crippen LogP contribution in [0.5, 0.6) is 0 Å². The first-order valence-corrected chi connectivity index (χ1v) is 9.54. The number of imidazole rings is 1. The number of piperidine rings is 1. The minimum Gasteiger partial charge on any atom is -0.333 e. The van der Waals surface area contributed by atoms with Crippen molar-refractivity contribution < 1.29 is 13.2 Å². The van der Waals surface area contributed by atoms with Crippen LogP contribution in [-0.2, 0) is 12.7 Å². The number of hydrogen-bond donors (Lipinski definition) is 1. The molecule has 9 heteroatoms. The van der Waals surface area contributed by atoms with Crippen molar-refractivity contribution in [3.8, 4) is 11.3 Å². The third-order valence-electron chi connectivity index (χ3n) is 5.46. The van der Waals surface area contributed by atoms with E-state index in [1.165, 1.54) is 12.6 Å². The number of alkyl halides is 3. The van der Waals surface area contributed by atoms with Crippen LogP contribution in [-0.4, -0.2) is 52.2 Å². The Labute approximate surface area is 168 Å². The third-order valence-corrected chi connectivity index (χ3v) is 5.46. The molecule has 1 N–H and O–H groups in total. The number of halogens is 4. The zero-order valence-corrected chi connectivity index (χ0v) is 16.4. The van der Waals surface area contributed by atoms with Gasteiger partial charge in [0.15, 0.2) is 0 Å². The lowest BCUT2D eigenvalue weighted by atomic mass is 9.97. The fourth-order valence-corrected chi connectivity index (χ4v) is 3.75. The van der Waals surface area contributed by atoms with E-state index in [-0.39, 0.29) is 12.4 Å². The Balaban J connectivity index is 0.00000225. The quantitative estimate of drug-likeness (QED) is 0.811. The van der Waals surface area contributed by atoms with Crippen molar-refractivity contribution >= 4 is 12.4 Å². The Bertz CT molecular complexity index is 782. The first-order valence-electron chi connectivity index (χ1n) is 9.54. The van der Waals surface area contributed by atoms with Gasteiger partial charge in [-0.1, -0.05) is 0 Å². The molecule has 2 aliphatic heterocycles. The molecule has 0 spiro atoms. The van der Waals surface area contributed by atoms with E-state index in [2.05, 4.69) is 19.8 Å². The number of likely N-dealkylation sites (tertiary alicyclic amines) is 1. The van der Waals surface area contributed by atoms with Gasteiger partial charge in [-0.3, -0.25) is 4.98 Å². The highest BCUT2D eigenvalue weighted by Gasteiger charge is 2.33. The van der Waals surface area contributed by atoms with Crippen LogP contribution in [0.1, 0.15) is 36.7 Å². The predicted octanol–water partition coefficient (Wildman–Crippen LogP) is 3.56. The summed E-state index contributed by atoms with van der Waals surface area (Å²) in [5.74, 6) is 1.35. The van der Waals surface area contributed by atoms with Crippen LogP contribution in [0.15, 0.2) is 24.5 Å². The van der Waals surface area contributed by atoms with Crippen molar-refractivity contribution in [2.24, 2.45) is 0 Å². The lowest BCUT2D eigenvalue weighted by Gasteiger charge is -2.31. The summed E-state index contributed by atoms with van der Waals surface area (Å²) in [4.78, 5) is 10.6. The van der Waals surface area contributed by atoms with Crippen molar-refractivity contribution in [1.82, 2.24) is 24.8 Å². The lowest BCUT2D eigenvalue weighted by molar-refractivity contribution is -0.141. The van der Waals surface area contributed by atoms with E-state index in [0.29, 0.717) is 17.2 Å². The van der Waals surface area contributed by atoms with Gasteiger partial charge in [-0.25, -0.2) is 4.98 Å². The van der Waals surface area contributed by atoms with E-state index in [1.54, 1.807) is 6.07 Å². The largest absolute Gasteiger partial charge is 0.433 e. The molecule has 2 aromatic heterocycles. The fourth-order valence-electron chi connectivity index (χ4n) is 3.75. The molecule has 28 heavy (non-hydrogen) atoms. The van der Waals surface area contributed by atoms with Gasteiger partial charge in [0.25, 0.3) is 0 Å². The highest BCUT2D eigenvalue weighted by atomic mass is 35.5. The van der Waals surface area contributed by atoms with Gasteiger partial charge in [0.05, 0.1) is 5.69 Å². The van der Waals surface area contributed by atoms with Gasteiger partial charge >= 0.3 is 6.18 Å². The molecule has 0 unspecified atom stereocenters. The molecule has 0 saturated carbocycles. The van der Waals surface area contributed by atoms with Gasteiger partial charge in [-0.2, -0.15) is 13.2 Å². The molecule has 4 rings (SSSR count). The van der Waals surface area contributed by atoms with Crippen molar-refractivity contribution in [2.45, 2.75) is 37.9 Å². The van der Waals surface area contributed by atoms with Crippen molar-refractivity contribution in [3.05, 3.63) is 36.0 Å². The number of pyridine rings is 1. The van der Waals surface area contributed by atoms with Crippen LogP contribution in [0, 0.1) is 0 Å². The molecule has 2 saturated heterocycles. The van der Waals surface area contributed by atoms with Gasteiger partial charge in [-0.15, -0.1) is 12.4 Å². The minimum absolute atomic E-state index is 0. The van der Waals surface area contributed by atoms with Gasteiger partial charge in [0.2, 0.25) is 0 Å². The number of hydrogen-bond acceptors (Lipinski definition) is 4. The highest BCUT2D eigenvalue weighted by Crippen LogP contribution is 2.32. The second-order valence-corrected chi connectivity index (χ2v) is 7.32. The summed E-state index contributed by atoms with van der Waals surface area (Å²) < 4.78 is 41.2. The molecule has 0 aromatic carbocycles. The summed E-state index contributed by atoms with van der Waals surface area (Å²) in [6, 6.07) is 2.69. The standard InChI is InChI=1S/C19H24F3N5.ClH/c20-19(21,22)17-12-15(4-7-24-17)16-13-27(11-10-26-8-1-9-26)18(25-16)14-2-5-23-6-3-14;/h4,7,12-14,23H,1-3,5-6,8-11H2;1H. The fraction of sp³-hybridized carbons (Fsp3) is 0.579. The number of rotatable bonds is 5. The summed E-state index contributed by atoms with van der Waals surface area (Å²) in [5.41, 5.74) is 0.189. The topological polar surface area (TPSA) is 46.0 Å². The molecule has 0 atom stereocenters. The number of nitrogens with zero attached hydrogens (tertiary/aromatic N) is 4. The Morgan fingerprint density at radius 1 is 1.14 bits per heavy atom. The molecule has 0 aliphatic carbocycles. The van der Waals surface area contributed by atoms with Crippen LogP contribution >= 0.6 is 12.4 Å². The summed E-state index contributed by atoms with van der Waals surface area (Å²) in [5, 5.41) is 3.36. The average Bonchev–Trinajstić information content (AvgIpc) is 3.05. The highest BCUT2D eigenvalue weighted by molar-refractivity contribution is 5.85. The average molecular weight is 416 g/mol. The predicted molar refractivity (Wildman–Crippen MR) is 104 cm³/mol. The Morgan fingerprint density at radius 3 is 2.54 bits per heavy atom. The van der Waals surface area contributed by atoms with Crippen LogP contribution in [0.3, 0.4) is 0 Å². The molecule has 4 heterocycles. The molecule has 2 aromatic rings. The number of aromatic nitrogens is 3. The Kier molecular flexibility index (Phi) is 6.62. The summed E-state index contributed by atoms with van der Waals surface area (Å²) in [7, 11) is 0. The van der Waals surface area contributed by atoms with E-state index < -0.39 is 11.9 Å². The molecular weight excluding hydrogens is 391 g/mol. The zero-order valence-electron chi connectivity index (χ0n) is 15.6. The second-order valence-electron chi connectivity index (χ2n) is 7.32. The SMILES string of the molecule is Cl.FC(F)(F)c1cc(-c2cn(CCN3CCC3)c(C3CCNCC3)n2)ccn1. The van der Waals surface area contributed by atoms with E-state index in [9.17, 15) is 13.2 Å². The smallest absolute Gasteiger partial charge is 0.333 e. The zero-order chi connectivity index (χ0) is 18.9. The molecule has 0 radical (unpaired) electrons. The minimum atomic E-state index is -4.45. The van der Waals surface area contributed by atoms with Crippen molar-refractivity contribution in [1.29, 1.82) is 0 Å². The first-order chi connectivity index (χ1) is 13.0. The van der Waals surface area contributed by atoms with Gasteiger partial charge in [0.1, 0.15) is 11.5 Å². The van der Waals surface area contributed by atoms with E-state index in [4.69, 9.17) is 4.98 Å². The van der Waals surface area contributed by atoms with Gasteiger partial charge in [-0.05, 0) is 57.6 Å². The van der Waals surface area contributed by atoms with Crippen molar-refractivity contribution in [3.63, 3.8) is 0 Å². The molecular formula is C19H25ClF3N5. The second kappa shape index (κ2) is 8.80. The first kappa shape index (κ1) is 21.1. The third kappa shape index (κ3) is 4.67. The maximum atomic E-state index is 13.0. The molecule has 2 fully saturated rings. The molecule has 154 valence electrons. The Hall–Kier alpha value is -1.64. The van der Waals surface area contributed by atoms with E-state index >= 15 is 0 Å². The van der Waals surface area contributed by atoms with E-state index in [1.807, 2.05) is 6.20 Å². The van der Waals surface area contributed by atoms with Crippen LogP contribution in [0.25, 0.3) is 11.3 Å². The lowest BCUT2D eigenvalue weighted by Crippen LogP contribution is -2.39. The molecule has 0 bridgehead atoms. The molecule has 5 nitrogen and oxygen atoms in total. The summed E-state index contributed by atoms with van der Waals surface area (Å²) in [6.07, 6.45) is 1.92. The Morgan fingerprint density at radius 2 is 1.89 bits per heavy atom. The van der Waals surface area contributed by atoms with Gasteiger partial charge in [0, 0.05) is 37.0 Å². The van der Waals surface area contributed by atoms with E-state index in [0.717, 1.165) is 64.0 Å². The molecule has 0 amide bonds. The normalized spacial score (nSPS) is 18.5. The van der Waals surface area contributed by atoms with Crippen molar-refractivity contribution in [2.75, 3.05) is 32.7 Å². The molecule has 2 aliphatic rings. The monoisotopic (exact) mass is 415 g/mol. The number of nitrogens with one attached hydrogen (secondary N) is 1. The maximum absolute atomic E-state index is 13.0. The maximum Gasteiger partial charge on any atom is 0.433 e. The summed E-state index contributed by atoms with van der Waals surface area (Å²) in [6.45, 7) is 5.94. The van der Waals surface area contributed by atoms with Gasteiger partial charge < -0.3 is 14.8 Å². The summed E-state index contributed by atoms with van der Waals surface area (Å²) >= 11 is 0. The van der Waals surface area contributed by atoms with Crippen LogP contribution in [0.2, 0.25) is 0 Å². The van der Waals surface area contributed by atoms with Crippen LogP contribution in [0.4, 0.5) is 13.2 Å².